The van der Waals surface area contributed by atoms with Gasteiger partial charge >= 0.3 is 0 Å². The molecule has 0 radical (unpaired) electrons. The Hall–Kier alpha value is -12.6. The van der Waals surface area contributed by atoms with Gasteiger partial charge in [0.2, 0.25) is 0 Å². The first kappa shape index (κ1) is 58.0. The standard InChI is InChI=1S/C92H66N4O2/c1-59-43-47-67(48-44-59)93(65-27-7-5-8-28-65)81-55-85-89(77-39-15-11-35-73(77)81)91-79-41-17-13-37-75(79)83(57-87(91)97-85)95(68-49-45-60(2)46-50-68)71-33-21-25-63(53-71)64-26-22-34-72(54-64)96(70-32-20-24-62(4)52-70)84-58-88-92(80-42-18-14-38-76(80)84)90-78-40-16-12-36-74(78)82(56-86(90)98-88)94(66-29-9-6-10-30-66)69-31-19-23-61(3)51-69/h5-58H,1-4H3. The van der Waals surface area contributed by atoms with E-state index < -0.39 is 0 Å². The molecule has 6 nitrogen and oxygen atoms in total. The van der Waals surface area contributed by atoms with Crippen molar-refractivity contribution in [3.05, 3.63) is 350 Å². The molecule has 0 saturated carbocycles. The lowest BCUT2D eigenvalue weighted by Crippen LogP contribution is -2.11. The number of anilines is 12. The van der Waals surface area contributed by atoms with Gasteiger partial charge in [0.25, 0.3) is 0 Å². The summed E-state index contributed by atoms with van der Waals surface area (Å²) in [5.41, 5.74) is 22.7. The van der Waals surface area contributed by atoms with E-state index >= 15 is 0 Å². The molecule has 0 unspecified atom stereocenters. The molecule has 18 aromatic rings. The predicted octanol–water partition coefficient (Wildman–Crippen LogP) is 26.9. The summed E-state index contributed by atoms with van der Waals surface area (Å²) >= 11 is 0. The van der Waals surface area contributed by atoms with E-state index in [1.165, 1.54) is 16.7 Å². The summed E-state index contributed by atoms with van der Waals surface area (Å²) in [5.74, 6) is 0. The highest BCUT2D eigenvalue weighted by Gasteiger charge is 2.28. The van der Waals surface area contributed by atoms with Crippen LogP contribution in [0.1, 0.15) is 22.3 Å². The molecule has 0 bridgehead atoms. The van der Waals surface area contributed by atoms with Gasteiger partial charge in [-0.15, -0.1) is 0 Å². The van der Waals surface area contributed by atoms with E-state index in [0.29, 0.717) is 0 Å². The van der Waals surface area contributed by atoms with Gasteiger partial charge in [-0.25, -0.2) is 0 Å². The highest BCUT2D eigenvalue weighted by Crippen LogP contribution is 2.53. The van der Waals surface area contributed by atoms with Gasteiger partial charge in [0.1, 0.15) is 22.3 Å². The minimum atomic E-state index is 0.814. The van der Waals surface area contributed by atoms with Crippen LogP contribution >= 0.6 is 0 Å². The van der Waals surface area contributed by atoms with Crippen LogP contribution in [0.3, 0.4) is 0 Å². The smallest absolute Gasteiger partial charge is 0.138 e. The molecule has 0 amide bonds. The third-order valence-electron chi connectivity index (χ3n) is 19.5. The Balaban J connectivity index is 0.792. The van der Waals surface area contributed by atoms with Crippen LogP contribution in [0.4, 0.5) is 68.2 Å². The van der Waals surface area contributed by atoms with Crippen LogP contribution in [0.25, 0.3) is 98.1 Å². The number of rotatable bonds is 13. The van der Waals surface area contributed by atoms with Crippen molar-refractivity contribution in [1.29, 1.82) is 0 Å². The number of nitrogens with zero attached hydrogens (tertiary/aromatic N) is 4. The third kappa shape index (κ3) is 9.87. The average molecular weight is 1260 g/mol. The quantitative estimate of drug-likeness (QED) is 0.115. The molecule has 0 aliphatic carbocycles. The first-order chi connectivity index (χ1) is 48.2. The number of benzene rings is 16. The van der Waals surface area contributed by atoms with E-state index in [0.717, 1.165) is 172 Å². The first-order valence-corrected chi connectivity index (χ1v) is 33.6. The van der Waals surface area contributed by atoms with Gasteiger partial charge in [0.15, 0.2) is 0 Å². The minimum absolute atomic E-state index is 0.814. The lowest BCUT2D eigenvalue weighted by Gasteiger charge is -2.28. The molecule has 18 rings (SSSR count). The zero-order chi connectivity index (χ0) is 65.5. The van der Waals surface area contributed by atoms with Crippen molar-refractivity contribution in [2.24, 2.45) is 0 Å². The van der Waals surface area contributed by atoms with Crippen LogP contribution in [0, 0.1) is 27.7 Å². The maximum atomic E-state index is 7.31. The molecule has 6 heteroatoms. The van der Waals surface area contributed by atoms with Crippen molar-refractivity contribution in [2.75, 3.05) is 19.6 Å². The van der Waals surface area contributed by atoms with Gasteiger partial charge in [-0.2, -0.15) is 0 Å². The van der Waals surface area contributed by atoms with Gasteiger partial charge in [-0.1, -0.05) is 217 Å². The molecule has 0 aliphatic rings. The van der Waals surface area contributed by atoms with Gasteiger partial charge in [0.05, 0.1) is 22.7 Å². The van der Waals surface area contributed by atoms with Crippen LogP contribution < -0.4 is 19.6 Å². The van der Waals surface area contributed by atoms with Gasteiger partial charge in [-0.3, -0.25) is 0 Å². The molecule has 0 atom stereocenters. The first-order valence-electron chi connectivity index (χ1n) is 33.6. The Bertz CT molecular complexity index is 6130. The van der Waals surface area contributed by atoms with Crippen LogP contribution in [0.15, 0.2) is 336 Å². The number of hydrogen-bond acceptors (Lipinski definition) is 6. The van der Waals surface area contributed by atoms with Crippen molar-refractivity contribution in [1.82, 2.24) is 0 Å². The molecule has 0 spiro atoms. The summed E-state index contributed by atoms with van der Waals surface area (Å²) in [6.07, 6.45) is 0. The zero-order valence-corrected chi connectivity index (χ0v) is 54.8. The summed E-state index contributed by atoms with van der Waals surface area (Å²) < 4.78 is 14.6. The summed E-state index contributed by atoms with van der Waals surface area (Å²) in [6.45, 7) is 8.61. The summed E-state index contributed by atoms with van der Waals surface area (Å²) in [7, 11) is 0. The van der Waals surface area contributed by atoms with Crippen molar-refractivity contribution in [3.8, 4) is 11.1 Å². The number of para-hydroxylation sites is 2. The van der Waals surface area contributed by atoms with Crippen LogP contribution in [0.2, 0.25) is 0 Å². The van der Waals surface area contributed by atoms with Crippen molar-refractivity contribution < 1.29 is 8.83 Å². The SMILES string of the molecule is Cc1ccc(N(c2ccccc2)c2cc3oc4cc(N(c5ccc(C)cc5)c5cccc(-c6cccc(N(c7cccc(C)c7)c7cc8oc9cc(N(c%10ccccc%10)c%10cccc(C)c%10)c%10ccccc%10c9c8c8ccccc78)c6)c5)c5ccccc5c4c3c3ccccc23)cc1. The Morgan fingerprint density at radius 3 is 0.745 bits per heavy atom. The fourth-order valence-electron chi connectivity index (χ4n) is 15.1. The second kappa shape index (κ2) is 23.7. The number of aryl methyl sites for hydroxylation is 4. The fraction of sp³-hybridized carbons (Fsp3) is 0.0435. The Morgan fingerprint density at radius 1 is 0.184 bits per heavy atom. The van der Waals surface area contributed by atoms with E-state index in [4.69, 9.17) is 8.83 Å². The molecule has 0 fully saturated rings. The van der Waals surface area contributed by atoms with E-state index in [1.54, 1.807) is 0 Å². The van der Waals surface area contributed by atoms with Gasteiger partial charge < -0.3 is 28.4 Å². The van der Waals surface area contributed by atoms with E-state index in [-0.39, 0.29) is 0 Å². The lowest BCUT2D eigenvalue weighted by molar-refractivity contribution is 0.669. The zero-order valence-electron chi connectivity index (χ0n) is 54.8. The molecule has 466 valence electrons. The number of furan rings is 2. The van der Waals surface area contributed by atoms with Crippen LogP contribution in [-0.4, -0.2) is 0 Å². The summed E-state index contributed by atoms with van der Waals surface area (Å²) in [5, 5.41) is 13.4. The molecule has 98 heavy (non-hydrogen) atoms. The molecule has 2 heterocycles. The molecule has 0 N–H and O–H groups in total. The third-order valence-corrected chi connectivity index (χ3v) is 19.5. The Labute approximate surface area is 568 Å². The summed E-state index contributed by atoms with van der Waals surface area (Å²) in [4.78, 5) is 9.53. The van der Waals surface area contributed by atoms with Crippen molar-refractivity contribution in [3.63, 3.8) is 0 Å². The molecular formula is C92H66N4O2. The van der Waals surface area contributed by atoms with Crippen molar-refractivity contribution >= 4 is 155 Å². The predicted molar refractivity (Wildman–Crippen MR) is 414 cm³/mol. The largest absolute Gasteiger partial charge is 0.456 e. The second-order valence-corrected chi connectivity index (χ2v) is 25.9. The molecular weight excluding hydrogens is 1190 g/mol. The van der Waals surface area contributed by atoms with E-state index in [1.807, 2.05) is 0 Å². The second-order valence-electron chi connectivity index (χ2n) is 25.9. The van der Waals surface area contributed by atoms with Gasteiger partial charge in [-0.05, 0) is 169 Å². The van der Waals surface area contributed by atoms with Crippen molar-refractivity contribution in [2.45, 2.75) is 27.7 Å². The topological polar surface area (TPSA) is 39.2 Å². The number of hydrogen-bond donors (Lipinski definition) is 0. The average Bonchev–Trinajstić information content (AvgIpc) is 1.52. The Kier molecular flexibility index (Phi) is 14.0. The normalized spacial score (nSPS) is 11.7. The monoisotopic (exact) mass is 1260 g/mol. The number of fused-ring (bicyclic) bond motifs is 14. The molecule has 16 aromatic carbocycles. The lowest BCUT2D eigenvalue weighted by atomic mass is 9.96. The Morgan fingerprint density at radius 2 is 0.429 bits per heavy atom. The molecule has 2 aromatic heterocycles. The highest BCUT2D eigenvalue weighted by atomic mass is 16.3. The highest BCUT2D eigenvalue weighted by molar-refractivity contribution is 6.32. The minimum Gasteiger partial charge on any atom is -0.456 e. The van der Waals surface area contributed by atoms with Crippen LogP contribution in [-0.2, 0) is 0 Å². The van der Waals surface area contributed by atoms with E-state index in [9.17, 15) is 0 Å². The fourth-order valence-corrected chi connectivity index (χ4v) is 15.1. The van der Waals surface area contributed by atoms with Gasteiger partial charge in [0, 0.05) is 113 Å². The maximum absolute atomic E-state index is 7.31. The summed E-state index contributed by atoms with van der Waals surface area (Å²) in [6, 6.07) is 119. The molecule has 0 saturated heterocycles. The maximum Gasteiger partial charge on any atom is 0.138 e. The molecule has 0 aliphatic heterocycles. The van der Waals surface area contributed by atoms with E-state index in [2.05, 4.69) is 375 Å². The van der Waals surface area contributed by atoms with Crippen LogP contribution in [0.5, 0.6) is 0 Å².